The molecular weight excluding hydrogens is 529 g/mol. The number of allylic oxidation sites excluding steroid dienone is 1. The summed E-state index contributed by atoms with van der Waals surface area (Å²) < 4.78 is 14.5. The zero-order chi connectivity index (χ0) is 30.2. The lowest BCUT2D eigenvalue weighted by Gasteiger charge is -2.60. The molecule has 0 saturated heterocycles. The van der Waals surface area contributed by atoms with Crippen molar-refractivity contribution in [1.82, 2.24) is 4.90 Å². The van der Waals surface area contributed by atoms with Crippen LogP contribution in [-0.2, 0) is 9.59 Å². The Kier molecular flexibility index (Phi) is 8.30. The Balaban J connectivity index is 1.37. The van der Waals surface area contributed by atoms with E-state index in [4.69, 9.17) is 0 Å². The van der Waals surface area contributed by atoms with Gasteiger partial charge in [0.15, 0.2) is 11.4 Å². The molecule has 4 saturated carbocycles. The van der Waals surface area contributed by atoms with Crippen LogP contribution in [0.15, 0.2) is 11.3 Å². The van der Waals surface area contributed by atoms with E-state index in [1.54, 1.807) is 13.8 Å². The van der Waals surface area contributed by atoms with E-state index in [-0.39, 0.29) is 41.9 Å². The molecule has 0 aromatic rings. The summed E-state index contributed by atoms with van der Waals surface area (Å²) >= 11 is 0. The van der Waals surface area contributed by atoms with E-state index in [0.717, 1.165) is 45.4 Å². The van der Waals surface area contributed by atoms with Gasteiger partial charge in [-0.2, -0.15) is 0 Å². The Bertz CT molecular complexity index is 1070. The molecule has 13 unspecified atom stereocenters. The topological polar surface area (TPSA) is 139 Å². The van der Waals surface area contributed by atoms with Crippen LogP contribution in [0, 0.1) is 47.3 Å². The van der Waals surface area contributed by atoms with Gasteiger partial charge in [0, 0.05) is 30.2 Å². The van der Waals surface area contributed by atoms with E-state index < -0.39 is 64.5 Å². The summed E-state index contributed by atoms with van der Waals surface area (Å²) in [6, 6.07) is 0.105. The second-order valence-electron chi connectivity index (χ2n) is 15.0. The molecule has 232 valence electrons. The van der Waals surface area contributed by atoms with E-state index in [2.05, 4.69) is 4.90 Å². The molecule has 0 aromatic carbocycles. The average Bonchev–Trinajstić information content (AvgIpc) is 3.35. The number of halogens is 1. The summed E-state index contributed by atoms with van der Waals surface area (Å²) in [5.74, 6) is -3.95. The lowest BCUT2D eigenvalue weighted by atomic mass is 9.49. The standard InChI is InChI=1S/C32H50FNO7/c1-15(35)24-23(36)14-20-11-18-12-21-22(34(4)5)13-17(8-6-16-7-9-19(10-16)31(2,3)33)27(37)26(21)28(38)25(18)30(40)32(20,41)29(24)39/h16-22,25-28,30,36-38,40-41H,6-14H2,1-5H3. The SMILES string of the molecule is CC(=O)C1=C(O)CC2CC3CC4C(C(O)C(CCC5CCC(C(C)(C)F)C5)CC4N(C)C)C(O)C3C(O)C2(O)C1=O. The number of nitrogens with zero attached hydrogens (tertiary/aromatic N) is 1. The van der Waals surface area contributed by atoms with Gasteiger partial charge in [-0.25, -0.2) is 4.39 Å². The lowest BCUT2D eigenvalue weighted by molar-refractivity contribution is -0.234. The monoisotopic (exact) mass is 579 g/mol. The van der Waals surface area contributed by atoms with Gasteiger partial charge in [0.1, 0.15) is 17.0 Å². The first-order chi connectivity index (χ1) is 19.1. The molecule has 0 bridgehead atoms. The molecular formula is C32H50FNO7. The second-order valence-corrected chi connectivity index (χ2v) is 15.0. The van der Waals surface area contributed by atoms with Gasteiger partial charge < -0.3 is 30.4 Å². The van der Waals surface area contributed by atoms with Crippen LogP contribution in [0.1, 0.15) is 78.6 Å². The van der Waals surface area contributed by atoms with E-state index >= 15 is 0 Å². The van der Waals surface area contributed by atoms with Gasteiger partial charge in [-0.15, -0.1) is 0 Å². The van der Waals surface area contributed by atoms with Crippen molar-refractivity contribution in [3.8, 4) is 0 Å². The van der Waals surface area contributed by atoms with E-state index in [0.29, 0.717) is 18.8 Å². The van der Waals surface area contributed by atoms with Crippen molar-refractivity contribution in [3.63, 3.8) is 0 Å². The van der Waals surface area contributed by atoms with Crippen LogP contribution in [0.25, 0.3) is 0 Å². The average molecular weight is 580 g/mol. The maximum Gasteiger partial charge on any atom is 0.204 e. The normalized spacial score (nSPS) is 46.8. The quantitative estimate of drug-likeness (QED) is 0.303. The van der Waals surface area contributed by atoms with Crippen molar-refractivity contribution in [1.29, 1.82) is 0 Å². The number of fused-ring (bicyclic) bond motifs is 3. The van der Waals surface area contributed by atoms with Gasteiger partial charge >= 0.3 is 0 Å². The highest BCUT2D eigenvalue weighted by Crippen LogP contribution is 2.57. The number of carbonyl (C=O) groups excluding carboxylic acids is 2. The number of hydrogen-bond acceptors (Lipinski definition) is 8. The van der Waals surface area contributed by atoms with Gasteiger partial charge in [0.05, 0.1) is 18.3 Å². The van der Waals surface area contributed by atoms with Crippen LogP contribution in [0.3, 0.4) is 0 Å². The number of carbonyl (C=O) groups is 2. The molecule has 41 heavy (non-hydrogen) atoms. The van der Waals surface area contributed by atoms with Gasteiger partial charge in [0.25, 0.3) is 0 Å². The summed E-state index contributed by atoms with van der Waals surface area (Å²) in [6.45, 7) is 4.46. The third-order valence-electron chi connectivity index (χ3n) is 12.1. The lowest BCUT2D eigenvalue weighted by Crippen LogP contribution is -2.70. The number of hydrogen-bond donors (Lipinski definition) is 5. The zero-order valence-corrected chi connectivity index (χ0v) is 25.2. The Morgan fingerprint density at radius 1 is 1.02 bits per heavy atom. The van der Waals surface area contributed by atoms with Gasteiger partial charge in [0.2, 0.25) is 5.78 Å². The Labute approximate surface area is 243 Å². The fourth-order valence-electron chi connectivity index (χ4n) is 9.92. The molecule has 5 aliphatic carbocycles. The molecule has 4 fully saturated rings. The highest BCUT2D eigenvalue weighted by molar-refractivity contribution is 6.23. The molecule has 0 spiro atoms. The van der Waals surface area contributed by atoms with Crippen molar-refractivity contribution < 1.29 is 39.5 Å². The van der Waals surface area contributed by atoms with Crippen LogP contribution >= 0.6 is 0 Å². The minimum atomic E-state index is -2.27. The Hall–Kier alpha value is -1.39. The first kappa shape index (κ1) is 31.0. The summed E-state index contributed by atoms with van der Waals surface area (Å²) in [5.41, 5.74) is -3.93. The van der Waals surface area contributed by atoms with Gasteiger partial charge in [-0.3, -0.25) is 9.59 Å². The zero-order valence-electron chi connectivity index (χ0n) is 25.2. The number of ketones is 2. The van der Waals surface area contributed by atoms with Crippen molar-refractivity contribution in [2.45, 2.75) is 114 Å². The van der Waals surface area contributed by atoms with Crippen LogP contribution in [0.5, 0.6) is 0 Å². The van der Waals surface area contributed by atoms with Crippen LogP contribution < -0.4 is 0 Å². The molecule has 5 N–H and O–H groups in total. The largest absolute Gasteiger partial charge is 0.511 e. The highest BCUT2D eigenvalue weighted by Gasteiger charge is 2.66. The number of alkyl halides is 1. The van der Waals surface area contributed by atoms with Crippen LogP contribution in [0.2, 0.25) is 0 Å². The fourth-order valence-corrected chi connectivity index (χ4v) is 9.92. The number of Topliss-reactive ketones (excluding diaryl/α,β-unsaturated/α-hetero) is 2. The molecule has 8 nitrogen and oxygen atoms in total. The van der Waals surface area contributed by atoms with Gasteiger partial charge in [-0.1, -0.05) is 12.8 Å². The second kappa shape index (κ2) is 11.0. The van der Waals surface area contributed by atoms with Crippen molar-refractivity contribution in [2.24, 2.45) is 47.3 Å². The highest BCUT2D eigenvalue weighted by atomic mass is 19.1. The number of aliphatic hydroxyl groups is 5. The molecule has 5 rings (SSSR count). The minimum absolute atomic E-state index is 0.0368. The summed E-state index contributed by atoms with van der Waals surface area (Å²) in [5, 5.41) is 57.3. The summed E-state index contributed by atoms with van der Waals surface area (Å²) in [4.78, 5) is 27.7. The van der Waals surface area contributed by atoms with Crippen molar-refractivity contribution in [2.75, 3.05) is 14.1 Å². The summed E-state index contributed by atoms with van der Waals surface area (Å²) in [7, 11) is 4.03. The molecule has 0 heterocycles. The summed E-state index contributed by atoms with van der Waals surface area (Å²) in [6.07, 6.45) is 2.48. The van der Waals surface area contributed by atoms with Crippen molar-refractivity contribution in [3.05, 3.63) is 11.3 Å². The molecule has 0 aliphatic heterocycles. The predicted octanol–water partition coefficient (Wildman–Crippen LogP) is 2.96. The van der Waals surface area contributed by atoms with Crippen molar-refractivity contribution >= 4 is 11.6 Å². The van der Waals surface area contributed by atoms with Crippen LogP contribution in [-0.4, -0.2) is 91.7 Å². The molecule has 13 atom stereocenters. The predicted molar refractivity (Wildman–Crippen MR) is 150 cm³/mol. The molecule has 5 aliphatic rings. The first-order valence-corrected chi connectivity index (χ1v) is 15.7. The Morgan fingerprint density at radius 3 is 2.29 bits per heavy atom. The maximum absolute atomic E-state index is 14.5. The van der Waals surface area contributed by atoms with E-state index in [1.807, 2.05) is 14.1 Å². The third kappa shape index (κ3) is 5.11. The number of aliphatic hydroxyl groups excluding tert-OH is 4. The number of rotatable bonds is 6. The van der Waals surface area contributed by atoms with Gasteiger partial charge in [-0.05, 0) is 103 Å². The first-order valence-electron chi connectivity index (χ1n) is 15.7. The molecule has 9 heteroatoms. The molecule has 0 aromatic heterocycles. The fraction of sp³-hybridized carbons (Fsp3) is 0.875. The third-order valence-corrected chi connectivity index (χ3v) is 12.1. The maximum atomic E-state index is 14.5. The smallest absolute Gasteiger partial charge is 0.204 e. The van der Waals surface area contributed by atoms with E-state index in [1.165, 1.54) is 0 Å². The molecule has 0 radical (unpaired) electrons. The van der Waals surface area contributed by atoms with E-state index in [9.17, 15) is 39.5 Å². The Morgan fingerprint density at radius 2 is 1.71 bits per heavy atom. The minimum Gasteiger partial charge on any atom is -0.511 e. The molecule has 0 amide bonds. The van der Waals surface area contributed by atoms with Crippen LogP contribution in [0.4, 0.5) is 4.39 Å².